The Hall–Kier alpha value is -2.57. The van der Waals surface area contributed by atoms with Gasteiger partial charge in [-0.2, -0.15) is 0 Å². The number of hydrogen-bond acceptors (Lipinski definition) is 2. The number of rotatable bonds is 3. The van der Waals surface area contributed by atoms with Crippen LogP contribution in [0.2, 0.25) is 0 Å². The van der Waals surface area contributed by atoms with E-state index in [2.05, 4.69) is 10.3 Å². The zero-order valence-corrected chi connectivity index (χ0v) is 11.1. The summed E-state index contributed by atoms with van der Waals surface area (Å²) in [6.45, 7) is 0.0875. The number of pyridine rings is 1. The second-order valence-electron chi connectivity index (χ2n) is 4.40. The van der Waals surface area contributed by atoms with Gasteiger partial charge in [-0.1, -0.05) is 6.07 Å². The van der Waals surface area contributed by atoms with E-state index in [-0.39, 0.29) is 12.4 Å². The summed E-state index contributed by atoms with van der Waals surface area (Å²) in [4.78, 5) is 16.8. The number of carbonyl (C=O) groups is 1. The van der Waals surface area contributed by atoms with Gasteiger partial charge in [-0.25, -0.2) is 22.9 Å². The van der Waals surface area contributed by atoms with E-state index in [9.17, 15) is 18.0 Å². The minimum absolute atomic E-state index is 0.0875. The number of halogens is 3. The summed E-state index contributed by atoms with van der Waals surface area (Å²) in [6.07, 6.45) is 0.977. The van der Waals surface area contributed by atoms with Crippen LogP contribution in [-0.2, 0) is 6.54 Å². The molecule has 1 heterocycles. The van der Waals surface area contributed by atoms with Crippen LogP contribution in [0.3, 0.4) is 0 Å². The maximum atomic E-state index is 13.1. The molecule has 2 aromatic rings. The normalized spacial score (nSPS) is 10.3. The molecule has 0 fully saturated rings. The fourth-order valence-electron chi connectivity index (χ4n) is 1.64. The quantitative estimate of drug-likeness (QED) is 0.945. The lowest BCUT2D eigenvalue weighted by atomic mass is 10.2. The third-order valence-electron chi connectivity index (χ3n) is 2.71. The van der Waals surface area contributed by atoms with Crippen molar-refractivity contribution in [1.82, 2.24) is 9.88 Å². The van der Waals surface area contributed by atoms with Gasteiger partial charge in [-0.3, -0.25) is 5.32 Å². The number of urea groups is 1. The summed E-state index contributed by atoms with van der Waals surface area (Å²) >= 11 is 0. The van der Waals surface area contributed by atoms with Gasteiger partial charge >= 0.3 is 6.03 Å². The first-order valence-electron chi connectivity index (χ1n) is 6.03. The van der Waals surface area contributed by atoms with E-state index in [4.69, 9.17) is 0 Å². The standard InChI is InChI=1S/C14H12F3N3O/c1-20(8-9-2-4-11(16)12(17)6-9)14(21)19-13-5-3-10(15)7-18-13/h2-7H,8H2,1H3,(H,18,19,21). The highest BCUT2D eigenvalue weighted by atomic mass is 19.2. The Morgan fingerprint density at radius 2 is 1.95 bits per heavy atom. The first-order valence-corrected chi connectivity index (χ1v) is 6.03. The van der Waals surface area contributed by atoms with E-state index in [1.807, 2.05) is 0 Å². The highest BCUT2D eigenvalue weighted by Crippen LogP contribution is 2.11. The molecule has 0 radical (unpaired) electrons. The molecule has 0 atom stereocenters. The van der Waals surface area contributed by atoms with Gasteiger partial charge in [0.1, 0.15) is 11.6 Å². The van der Waals surface area contributed by atoms with E-state index < -0.39 is 23.5 Å². The van der Waals surface area contributed by atoms with Gasteiger partial charge in [-0.15, -0.1) is 0 Å². The fourth-order valence-corrected chi connectivity index (χ4v) is 1.64. The topological polar surface area (TPSA) is 45.2 Å². The van der Waals surface area contributed by atoms with E-state index in [1.165, 1.54) is 24.1 Å². The molecule has 0 aliphatic carbocycles. The molecule has 4 nitrogen and oxygen atoms in total. The average molecular weight is 295 g/mol. The van der Waals surface area contributed by atoms with Crippen molar-refractivity contribution in [2.45, 2.75) is 6.54 Å². The van der Waals surface area contributed by atoms with Crippen molar-refractivity contribution in [3.63, 3.8) is 0 Å². The number of benzene rings is 1. The van der Waals surface area contributed by atoms with Gasteiger partial charge in [0.2, 0.25) is 0 Å². The number of nitrogens with one attached hydrogen (secondary N) is 1. The Morgan fingerprint density at radius 1 is 1.19 bits per heavy atom. The highest BCUT2D eigenvalue weighted by Gasteiger charge is 2.11. The van der Waals surface area contributed by atoms with Crippen LogP contribution in [0.25, 0.3) is 0 Å². The van der Waals surface area contributed by atoms with Crippen LogP contribution in [0.1, 0.15) is 5.56 Å². The Morgan fingerprint density at radius 3 is 2.57 bits per heavy atom. The molecule has 2 amide bonds. The van der Waals surface area contributed by atoms with Gasteiger partial charge in [0.05, 0.1) is 6.20 Å². The van der Waals surface area contributed by atoms with Crippen molar-refractivity contribution < 1.29 is 18.0 Å². The molecular formula is C14H12F3N3O. The maximum absolute atomic E-state index is 13.1. The fraction of sp³-hybridized carbons (Fsp3) is 0.143. The zero-order valence-electron chi connectivity index (χ0n) is 11.1. The molecule has 21 heavy (non-hydrogen) atoms. The molecule has 7 heteroatoms. The first kappa shape index (κ1) is 14.8. The molecule has 0 saturated heterocycles. The van der Waals surface area contributed by atoms with Crippen LogP contribution >= 0.6 is 0 Å². The summed E-state index contributed by atoms with van der Waals surface area (Å²) < 4.78 is 38.6. The lowest BCUT2D eigenvalue weighted by molar-refractivity contribution is 0.220. The summed E-state index contributed by atoms with van der Waals surface area (Å²) in [6, 6.07) is 5.39. The molecule has 1 aromatic heterocycles. The number of carbonyl (C=O) groups excluding carboxylic acids is 1. The van der Waals surface area contributed by atoms with Gasteiger partial charge < -0.3 is 4.90 Å². The average Bonchev–Trinajstić information content (AvgIpc) is 2.45. The molecule has 1 N–H and O–H groups in total. The van der Waals surface area contributed by atoms with Crippen molar-refractivity contribution in [2.24, 2.45) is 0 Å². The second kappa shape index (κ2) is 6.25. The molecule has 0 saturated carbocycles. The lowest BCUT2D eigenvalue weighted by Crippen LogP contribution is -2.31. The van der Waals surface area contributed by atoms with Crippen LogP contribution in [0.5, 0.6) is 0 Å². The molecule has 0 aliphatic rings. The molecule has 2 rings (SSSR count). The molecule has 0 bridgehead atoms. The number of hydrogen-bond donors (Lipinski definition) is 1. The Balaban J connectivity index is 1.98. The van der Waals surface area contributed by atoms with Crippen molar-refractivity contribution in [3.05, 3.63) is 59.5 Å². The van der Waals surface area contributed by atoms with Crippen LogP contribution in [0.15, 0.2) is 36.5 Å². The second-order valence-corrected chi connectivity index (χ2v) is 4.40. The molecule has 1 aromatic carbocycles. The SMILES string of the molecule is CN(Cc1ccc(F)c(F)c1)C(=O)Nc1ccc(F)cn1. The Labute approximate surface area is 119 Å². The van der Waals surface area contributed by atoms with Crippen LogP contribution in [0.4, 0.5) is 23.8 Å². The summed E-state index contributed by atoms with van der Waals surface area (Å²) in [5.74, 6) is -2.23. The van der Waals surface area contributed by atoms with Gasteiger partial charge in [0, 0.05) is 13.6 Å². The van der Waals surface area contributed by atoms with E-state index >= 15 is 0 Å². The van der Waals surface area contributed by atoms with Crippen molar-refractivity contribution in [3.8, 4) is 0 Å². The third kappa shape index (κ3) is 3.95. The van der Waals surface area contributed by atoms with E-state index in [1.54, 1.807) is 0 Å². The van der Waals surface area contributed by atoms with E-state index in [0.29, 0.717) is 5.56 Å². The van der Waals surface area contributed by atoms with Crippen LogP contribution in [-0.4, -0.2) is 23.0 Å². The summed E-state index contributed by atoms with van der Waals surface area (Å²) in [7, 11) is 1.49. The Bertz CT molecular complexity index is 646. The number of aromatic nitrogens is 1. The first-order chi connectivity index (χ1) is 9.95. The van der Waals surface area contributed by atoms with Crippen LogP contribution in [0, 0.1) is 17.5 Å². The molecule has 0 aliphatic heterocycles. The monoisotopic (exact) mass is 295 g/mol. The van der Waals surface area contributed by atoms with Crippen LogP contribution < -0.4 is 5.32 Å². The third-order valence-corrected chi connectivity index (χ3v) is 2.71. The van der Waals surface area contributed by atoms with Gasteiger partial charge in [-0.05, 0) is 29.8 Å². The lowest BCUT2D eigenvalue weighted by Gasteiger charge is -2.17. The highest BCUT2D eigenvalue weighted by molar-refractivity contribution is 5.87. The van der Waals surface area contributed by atoms with Crippen molar-refractivity contribution >= 4 is 11.8 Å². The van der Waals surface area contributed by atoms with Crippen molar-refractivity contribution in [2.75, 3.05) is 12.4 Å². The van der Waals surface area contributed by atoms with Crippen molar-refractivity contribution in [1.29, 1.82) is 0 Å². The van der Waals surface area contributed by atoms with Gasteiger partial charge in [0.25, 0.3) is 0 Å². The molecular weight excluding hydrogens is 283 g/mol. The number of amides is 2. The Kier molecular flexibility index (Phi) is 4.42. The van der Waals surface area contributed by atoms with E-state index in [0.717, 1.165) is 24.4 Å². The largest absolute Gasteiger partial charge is 0.323 e. The summed E-state index contributed by atoms with van der Waals surface area (Å²) in [5.41, 5.74) is 0.443. The minimum atomic E-state index is -0.971. The smallest absolute Gasteiger partial charge is 0.323 e. The number of anilines is 1. The minimum Gasteiger partial charge on any atom is -0.323 e. The maximum Gasteiger partial charge on any atom is 0.323 e. The molecule has 110 valence electrons. The number of nitrogens with zero attached hydrogens (tertiary/aromatic N) is 2. The molecule has 0 unspecified atom stereocenters. The molecule has 0 spiro atoms. The summed E-state index contributed by atoms with van der Waals surface area (Å²) in [5, 5.41) is 2.46. The predicted molar refractivity (Wildman–Crippen MR) is 71.0 cm³/mol. The predicted octanol–water partition coefficient (Wildman–Crippen LogP) is 3.16. The van der Waals surface area contributed by atoms with Gasteiger partial charge in [0.15, 0.2) is 11.6 Å². The zero-order chi connectivity index (χ0) is 15.4.